The van der Waals surface area contributed by atoms with Crippen molar-refractivity contribution in [2.24, 2.45) is 0 Å². The molecule has 13 heavy (non-hydrogen) atoms. The van der Waals surface area contributed by atoms with Gasteiger partial charge in [0.25, 0.3) is 0 Å². The molecule has 2 aliphatic rings. The van der Waals surface area contributed by atoms with Crippen LogP contribution in [0.1, 0.15) is 12.8 Å². The summed E-state index contributed by atoms with van der Waals surface area (Å²) in [5.41, 5.74) is 0. The van der Waals surface area contributed by atoms with E-state index >= 15 is 0 Å². The largest absolute Gasteiger partial charge is 0.372 e. The van der Waals surface area contributed by atoms with Crippen LogP contribution in [0.3, 0.4) is 0 Å². The summed E-state index contributed by atoms with van der Waals surface area (Å²) in [6.07, 6.45) is 2.90. The third-order valence-corrected chi connectivity index (χ3v) is 2.83. The van der Waals surface area contributed by atoms with E-state index in [0.717, 1.165) is 31.6 Å². The average Bonchev–Trinajstić information content (AvgIpc) is 2.62. The maximum Gasteiger partial charge on any atom is 0.174 e. The Bertz CT molecular complexity index is 184. The molecule has 0 aliphatic carbocycles. The zero-order valence-electron chi connectivity index (χ0n) is 7.64. The first kappa shape index (κ1) is 9.18. The highest BCUT2D eigenvalue weighted by molar-refractivity contribution is 7.80. The maximum atomic E-state index is 5.57. The van der Waals surface area contributed by atoms with Crippen molar-refractivity contribution >= 4 is 17.3 Å². The lowest BCUT2D eigenvalue weighted by molar-refractivity contribution is -0.909. The van der Waals surface area contributed by atoms with Gasteiger partial charge in [0.15, 0.2) is 18.4 Å². The molecular weight excluding hydrogens is 186 g/mol. The fourth-order valence-corrected chi connectivity index (χ4v) is 1.95. The van der Waals surface area contributed by atoms with Gasteiger partial charge >= 0.3 is 0 Å². The number of rotatable bonds is 2. The topological polar surface area (TPSA) is 37.7 Å². The highest BCUT2D eigenvalue weighted by Gasteiger charge is 2.23. The molecule has 0 aromatic carbocycles. The summed E-state index contributed by atoms with van der Waals surface area (Å²) in [6.45, 7) is 3.87. The normalized spacial score (nSPS) is 29.8. The third kappa shape index (κ3) is 2.52. The fraction of sp³-hybridized carbons (Fsp3) is 0.875. The van der Waals surface area contributed by atoms with Crippen molar-refractivity contribution in [1.29, 1.82) is 0 Å². The van der Waals surface area contributed by atoms with Crippen molar-refractivity contribution in [3.8, 4) is 0 Å². The summed E-state index contributed by atoms with van der Waals surface area (Å²) in [4.78, 5) is 1.47. The second-order valence-electron chi connectivity index (χ2n) is 3.63. The zero-order chi connectivity index (χ0) is 9.10. The minimum absolute atomic E-state index is 0.463. The van der Waals surface area contributed by atoms with Gasteiger partial charge in [-0.05, 0) is 25.1 Å². The summed E-state index contributed by atoms with van der Waals surface area (Å²) < 4.78 is 5.57. The highest BCUT2D eigenvalue weighted by atomic mass is 32.1. The van der Waals surface area contributed by atoms with E-state index in [0.29, 0.717) is 6.10 Å². The van der Waals surface area contributed by atoms with Gasteiger partial charge in [-0.1, -0.05) is 0 Å². The minimum Gasteiger partial charge on any atom is -0.372 e. The maximum absolute atomic E-state index is 5.57. The Labute approximate surface area is 83.6 Å². The van der Waals surface area contributed by atoms with Crippen LogP contribution in [0.2, 0.25) is 0 Å². The van der Waals surface area contributed by atoms with E-state index in [2.05, 4.69) is 10.6 Å². The number of hydrogen-bond donors (Lipinski definition) is 3. The molecule has 5 heteroatoms. The Morgan fingerprint density at radius 1 is 1.46 bits per heavy atom. The Morgan fingerprint density at radius 3 is 2.85 bits per heavy atom. The van der Waals surface area contributed by atoms with Crippen molar-refractivity contribution in [3.63, 3.8) is 0 Å². The molecule has 0 bridgehead atoms. The molecule has 0 aromatic heterocycles. The molecule has 2 fully saturated rings. The average molecular weight is 202 g/mol. The fourth-order valence-electron chi connectivity index (χ4n) is 1.81. The molecule has 1 atom stereocenters. The lowest BCUT2D eigenvalue weighted by Crippen LogP contribution is -3.18. The second-order valence-corrected chi connectivity index (χ2v) is 4.03. The predicted molar refractivity (Wildman–Crippen MR) is 53.4 cm³/mol. The predicted octanol–water partition coefficient (Wildman–Crippen LogP) is -1.56. The molecule has 3 N–H and O–H groups in total. The smallest absolute Gasteiger partial charge is 0.174 e. The molecule has 2 rings (SSSR count). The molecule has 4 nitrogen and oxygen atoms in total. The summed E-state index contributed by atoms with van der Waals surface area (Å²) in [5, 5.41) is 7.04. The minimum atomic E-state index is 0.463. The number of quaternary nitrogens is 1. The van der Waals surface area contributed by atoms with E-state index in [9.17, 15) is 0 Å². The molecule has 2 heterocycles. The van der Waals surface area contributed by atoms with Gasteiger partial charge in [0.2, 0.25) is 0 Å². The molecule has 0 spiro atoms. The Hall–Kier alpha value is -0.390. The van der Waals surface area contributed by atoms with Crippen molar-refractivity contribution < 1.29 is 9.64 Å². The quantitative estimate of drug-likeness (QED) is 0.474. The summed E-state index contributed by atoms with van der Waals surface area (Å²) in [6, 6.07) is 0. The number of ether oxygens (including phenoxy) is 1. The van der Waals surface area contributed by atoms with Gasteiger partial charge in [-0.25, -0.2) is 0 Å². The van der Waals surface area contributed by atoms with Crippen LogP contribution >= 0.6 is 12.2 Å². The van der Waals surface area contributed by atoms with Gasteiger partial charge in [-0.2, -0.15) is 0 Å². The molecule has 74 valence electrons. The molecular formula is C8H16N3OS+. The molecule has 0 saturated carbocycles. The van der Waals surface area contributed by atoms with E-state index in [-0.39, 0.29) is 0 Å². The van der Waals surface area contributed by atoms with Crippen molar-refractivity contribution in [2.45, 2.75) is 18.9 Å². The first-order valence-electron chi connectivity index (χ1n) is 4.81. The van der Waals surface area contributed by atoms with Gasteiger partial charge in [0, 0.05) is 6.61 Å². The lowest BCUT2D eigenvalue weighted by atomic mass is 10.2. The third-order valence-electron chi connectivity index (χ3n) is 2.54. The van der Waals surface area contributed by atoms with Gasteiger partial charge < -0.3 is 15.4 Å². The van der Waals surface area contributed by atoms with E-state index in [1.807, 2.05) is 0 Å². The molecule has 0 aromatic rings. The van der Waals surface area contributed by atoms with Gasteiger partial charge in [0.1, 0.15) is 12.6 Å². The van der Waals surface area contributed by atoms with Crippen LogP contribution in [-0.4, -0.2) is 37.7 Å². The van der Waals surface area contributed by atoms with E-state index in [4.69, 9.17) is 17.0 Å². The molecule has 0 radical (unpaired) electrons. The van der Waals surface area contributed by atoms with Crippen molar-refractivity contribution in [3.05, 3.63) is 0 Å². The molecule has 0 unspecified atom stereocenters. The van der Waals surface area contributed by atoms with Crippen molar-refractivity contribution in [1.82, 2.24) is 10.6 Å². The number of hydrogen-bond acceptors (Lipinski definition) is 2. The van der Waals surface area contributed by atoms with Crippen LogP contribution in [0.4, 0.5) is 0 Å². The second kappa shape index (κ2) is 4.21. The van der Waals surface area contributed by atoms with Crippen LogP contribution in [0.15, 0.2) is 0 Å². The first-order valence-corrected chi connectivity index (χ1v) is 5.22. The van der Waals surface area contributed by atoms with Crippen molar-refractivity contribution in [2.75, 3.05) is 26.5 Å². The molecule has 2 saturated heterocycles. The van der Waals surface area contributed by atoms with Crippen LogP contribution in [0.5, 0.6) is 0 Å². The molecule has 0 amide bonds. The van der Waals surface area contributed by atoms with Gasteiger partial charge in [-0.3, -0.25) is 4.90 Å². The number of thiocarbonyl (C=S) groups is 1. The van der Waals surface area contributed by atoms with Gasteiger partial charge in [0.05, 0.1) is 0 Å². The first-order chi connectivity index (χ1) is 6.34. The molecule has 2 aliphatic heterocycles. The summed E-state index contributed by atoms with van der Waals surface area (Å²) in [7, 11) is 0. The summed E-state index contributed by atoms with van der Waals surface area (Å²) in [5.74, 6) is 0. The Kier molecular flexibility index (Phi) is 2.97. The highest BCUT2D eigenvalue weighted by Crippen LogP contribution is 2.09. The van der Waals surface area contributed by atoms with E-state index < -0.39 is 0 Å². The van der Waals surface area contributed by atoms with E-state index in [1.165, 1.54) is 17.7 Å². The van der Waals surface area contributed by atoms with Crippen LogP contribution < -0.4 is 15.5 Å². The monoisotopic (exact) mass is 202 g/mol. The lowest BCUT2D eigenvalue weighted by Gasteiger charge is -2.28. The SMILES string of the molecule is S=C1NC[NH+](C[C@H]2CCCO2)CN1. The van der Waals surface area contributed by atoms with Crippen LogP contribution in [-0.2, 0) is 4.74 Å². The number of nitrogens with one attached hydrogen (secondary N) is 3. The Morgan fingerprint density at radius 2 is 2.23 bits per heavy atom. The Balaban J connectivity index is 1.72. The standard InChI is InChI=1S/C8H15N3OS/c13-8-9-5-11(6-10-8)4-7-2-1-3-12-7/h7H,1-6H2,(H2,9,10,13)/p+1/t7-/m1/s1. The summed E-state index contributed by atoms with van der Waals surface area (Å²) >= 11 is 4.97. The van der Waals surface area contributed by atoms with E-state index in [1.54, 1.807) is 0 Å². The van der Waals surface area contributed by atoms with Crippen LogP contribution in [0, 0.1) is 0 Å². The zero-order valence-corrected chi connectivity index (χ0v) is 8.45. The van der Waals surface area contributed by atoms with Crippen LogP contribution in [0.25, 0.3) is 0 Å². The van der Waals surface area contributed by atoms with Gasteiger partial charge in [-0.15, -0.1) is 0 Å².